The highest BCUT2D eigenvalue weighted by Gasteiger charge is 2.19. The maximum absolute atomic E-state index is 12.6. The molecule has 172 valence electrons. The number of ether oxygens (including phenoxy) is 2. The number of nitrogens with one attached hydrogen (secondary N) is 2. The Labute approximate surface area is 189 Å². The molecule has 0 radical (unpaired) electrons. The smallest absolute Gasteiger partial charge is 0.294 e. The summed E-state index contributed by atoms with van der Waals surface area (Å²) >= 11 is 0. The van der Waals surface area contributed by atoms with Crippen LogP contribution in [0.2, 0.25) is 0 Å². The van der Waals surface area contributed by atoms with Crippen LogP contribution in [0, 0.1) is 10.1 Å². The molecule has 0 aliphatic heterocycles. The van der Waals surface area contributed by atoms with E-state index in [0.29, 0.717) is 23.7 Å². The third kappa shape index (κ3) is 5.85. The van der Waals surface area contributed by atoms with Gasteiger partial charge < -0.3 is 24.7 Å². The van der Waals surface area contributed by atoms with Crippen LogP contribution in [0.4, 0.5) is 5.69 Å². The monoisotopic (exact) mass is 453 g/mol. The minimum absolute atomic E-state index is 0.145. The number of benzene rings is 2. The zero-order valence-corrected chi connectivity index (χ0v) is 18.1. The summed E-state index contributed by atoms with van der Waals surface area (Å²) in [5, 5.41) is 16.9. The van der Waals surface area contributed by atoms with Gasteiger partial charge in [-0.2, -0.15) is 0 Å². The number of nitrogens with zero attached hydrogens (tertiary/aromatic N) is 3. The van der Waals surface area contributed by atoms with Crippen molar-refractivity contribution >= 4 is 17.5 Å². The van der Waals surface area contributed by atoms with E-state index in [1.165, 1.54) is 42.4 Å². The number of carbonyl (C=O) groups is 2. The number of hydrogen-bond acceptors (Lipinski definition) is 7. The largest absolute Gasteiger partial charge is 0.493 e. The van der Waals surface area contributed by atoms with Crippen molar-refractivity contribution in [3.63, 3.8) is 0 Å². The lowest BCUT2D eigenvalue weighted by molar-refractivity contribution is -0.384. The molecule has 0 saturated carbocycles. The van der Waals surface area contributed by atoms with Crippen molar-refractivity contribution in [3.05, 3.63) is 76.4 Å². The molecule has 1 aromatic heterocycles. The Balaban J connectivity index is 1.68. The van der Waals surface area contributed by atoms with Crippen molar-refractivity contribution < 1.29 is 24.0 Å². The summed E-state index contributed by atoms with van der Waals surface area (Å²) < 4.78 is 12.3. The first-order chi connectivity index (χ1) is 15.9. The second-order valence-corrected chi connectivity index (χ2v) is 6.84. The highest BCUT2D eigenvalue weighted by molar-refractivity contribution is 5.95. The highest BCUT2D eigenvalue weighted by atomic mass is 16.6. The van der Waals surface area contributed by atoms with Gasteiger partial charge in [-0.05, 0) is 36.8 Å². The molecule has 11 nitrogen and oxygen atoms in total. The molecule has 0 aliphatic carbocycles. The summed E-state index contributed by atoms with van der Waals surface area (Å²) in [4.78, 5) is 39.0. The van der Waals surface area contributed by atoms with E-state index in [1.807, 2.05) is 6.92 Å². The van der Waals surface area contributed by atoms with Crippen LogP contribution in [-0.4, -0.2) is 46.6 Å². The molecular weight excluding hydrogens is 430 g/mol. The molecule has 0 bridgehead atoms. The molecule has 0 saturated heterocycles. The van der Waals surface area contributed by atoms with Crippen LogP contribution in [-0.2, 0) is 11.3 Å². The molecule has 2 N–H and O–H groups in total. The Morgan fingerprint density at radius 3 is 2.64 bits per heavy atom. The Morgan fingerprint density at radius 2 is 1.97 bits per heavy atom. The van der Waals surface area contributed by atoms with Gasteiger partial charge in [-0.25, -0.2) is 4.98 Å². The molecule has 0 atom stereocenters. The van der Waals surface area contributed by atoms with E-state index in [9.17, 15) is 19.7 Å². The number of methoxy groups -OCH3 is 1. The first-order valence-corrected chi connectivity index (χ1v) is 10.0. The van der Waals surface area contributed by atoms with E-state index in [0.717, 1.165) is 5.56 Å². The quantitative estimate of drug-likeness (QED) is 0.355. The maximum atomic E-state index is 12.6. The van der Waals surface area contributed by atoms with Crippen LogP contribution in [0.25, 0.3) is 5.69 Å². The minimum Gasteiger partial charge on any atom is -0.493 e. The third-order valence-corrected chi connectivity index (χ3v) is 4.63. The predicted molar refractivity (Wildman–Crippen MR) is 119 cm³/mol. The van der Waals surface area contributed by atoms with Gasteiger partial charge in [-0.3, -0.25) is 19.7 Å². The standard InChI is InChI=1S/C22H23N5O6/c1-3-24-21(28)13-33-19-7-4-15(10-20(19)32-2)12-25-22(29)16-5-6-17(18(11-16)27(30)31)26-9-8-23-14-26/h4-11,14H,3,12-13H2,1-2H3,(H,24,28)(H,25,29). The summed E-state index contributed by atoms with van der Waals surface area (Å²) in [6.07, 6.45) is 4.53. The van der Waals surface area contributed by atoms with Crippen LogP contribution in [0.3, 0.4) is 0 Å². The minimum atomic E-state index is -0.545. The fraction of sp³-hybridized carbons (Fsp3) is 0.227. The lowest BCUT2D eigenvalue weighted by Crippen LogP contribution is -2.28. The van der Waals surface area contributed by atoms with Gasteiger partial charge in [-0.1, -0.05) is 6.07 Å². The summed E-state index contributed by atoms with van der Waals surface area (Å²) in [6.45, 7) is 2.33. The summed E-state index contributed by atoms with van der Waals surface area (Å²) in [5.74, 6) is 0.0887. The number of likely N-dealkylation sites (N-methyl/N-ethyl adjacent to an activating group) is 1. The number of nitro groups is 1. The van der Waals surface area contributed by atoms with E-state index in [4.69, 9.17) is 9.47 Å². The average molecular weight is 453 g/mol. The van der Waals surface area contributed by atoms with Gasteiger partial charge in [0.2, 0.25) is 0 Å². The van der Waals surface area contributed by atoms with Gasteiger partial charge in [0, 0.05) is 37.1 Å². The highest BCUT2D eigenvalue weighted by Crippen LogP contribution is 2.28. The van der Waals surface area contributed by atoms with Gasteiger partial charge in [-0.15, -0.1) is 0 Å². The van der Waals surface area contributed by atoms with Crippen molar-refractivity contribution in [2.45, 2.75) is 13.5 Å². The Kier molecular flexibility index (Phi) is 7.58. The lowest BCUT2D eigenvalue weighted by Gasteiger charge is -2.13. The Hall–Kier alpha value is -4.41. The number of amides is 2. The van der Waals surface area contributed by atoms with Crippen LogP contribution in [0.5, 0.6) is 11.5 Å². The van der Waals surface area contributed by atoms with Crippen LogP contribution in [0.1, 0.15) is 22.8 Å². The number of nitro benzene ring substituents is 1. The first kappa shape index (κ1) is 23.3. The number of aromatic nitrogens is 2. The zero-order chi connectivity index (χ0) is 23.8. The van der Waals surface area contributed by atoms with Crippen molar-refractivity contribution in [3.8, 4) is 17.2 Å². The topological polar surface area (TPSA) is 138 Å². The van der Waals surface area contributed by atoms with Crippen LogP contribution < -0.4 is 20.1 Å². The van der Waals surface area contributed by atoms with E-state index in [2.05, 4.69) is 15.6 Å². The van der Waals surface area contributed by atoms with E-state index in [1.54, 1.807) is 24.4 Å². The van der Waals surface area contributed by atoms with Crippen molar-refractivity contribution in [2.24, 2.45) is 0 Å². The van der Waals surface area contributed by atoms with Gasteiger partial charge in [0.25, 0.3) is 17.5 Å². The summed E-state index contributed by atoms with van der Waals surface area (Å²) in [7, 11) is 1.47. The second kappa shape index (κ2) is 10.8. The first-order valence-electron chi connectivity index (χ1n) is 10.0. The number of carbonyl (C=O) groups excluding carboxylic acids is 2. The molecule has 2 aromatic carbocycles. The molecule has 3 rings (SSSR count). The molecule has 1 heterocycles. The Bertz CT molecular complexity index is 1150. The second-order valence-electron chi connectivity index (χ2n) is 6.84. The third-order valence-electron chi connectivity index (χ3n) is 4.63. The number of rotatable bonds is 10. The van der Waals surface area contributed by atoms with Crippen molar-refractivity contribution in [1.29, 1.82) is 0 Å². The van der Waals surface area contributed by atoms with E-state index in [-0.39, 0.29) is 30.3 Å². The molecule has 0 spiro atoms. The van der Waals surface area contributed by atoms with Crippen LogP contribution in [0.15, 0.2) is 55.1 Å². The van der Waals surface area contributed by atoms with Gasteiger partial charge in [0.05, 0.1) is 18.4 Å². The van der Waals surface area contributed by atoms with Crippen LogP contribution >= 0.6 is 0 Å². The molecule has 0 unspecified atom stereocenters. The predicted octanol–water partition coefficient (Wildman–Crippen LogP) is 2.23. The maximum Gasteiger partial charge on any atom is 0.294 e. The molecule has 3 aromatic rings. The van der Waals surface area contributed by atoms with Gasteiger partial charge >= 0.3 is 0 Å². The van der Waals surface area contributed by atoms with Gasteiger partial charge in [0.15, 0.2) is 18.1 Å². The number of imidazole rings is 1. The summed E-state index contributed by atoms with van der Waals surface area (Å²) in [5.41, 5.74) is 0.965. The van der Waals surface area contributed by atoms with Crippen molar-refractivity contribution in [2.75, 3.05) is 20.3 Å². The molecule has 33 heavy (non-hydrogen) atoms. The fourth-order valence-electron chi connectivity index (χ4n) is 3.05. The van der Waals surface area contributed by atoms with Gasteiger partial charge in [0.1, 0.15) is 5.69 Å². The average Bonchev–Trinajstić information content (AvgIpc) is 3.36. The Morgan fingerprint density at radius 1 is 1.15 bits per heavy atom. The van der Waals surface area contributed by atoms with E-state index >= 15 is 0 Å². The SMILES string of the molecule is CCNC(=O)COc1ccc(CNC(=O)c2ccc(-n3ccnc3)c([N+](=O)[O-])c2)cc1OC. The lowest BCUT2D eigenvalue weighted by atomic mass is 10.1. The normalized spacial score (nSPS) is 10.4. The van der Waals surface area contributed by atoms with E-state index < -0.39 is 10.8 Å². The fourth-order valence-corrected chi connectivity index (χ4v) is 3.05. The molecule has 0 fully saturated rings. The summed E-state index contributed by atoms with van der Waals surface area (Å²) in [6, 6.07) is 9.28. The van der Waals surface area contributed by atoms with Crippen molar-refractivity contribution in [1.82, 2.24) is 20.2 Å². The number of hydrogen-bond donors (Lipinski definition) is 2. The molecular formula is C22H23N5O6. The molecule has 2 amide bonds. The molecule has 0 aliphatic rings. The zero-order valence-electron chi connectivity index (χ0n) is 18.1. The molecule has 11 heteroatoms.